The number of aromatic nitrogens is 1. The van der Waals surface area contributed by atoms with E-state index in [0.717, 1.165) is 12.0 Å². The highest BCUT2D eigenvalue weighted by molar-refractivity contribution is 7.93. The zero-order chi connectivity index (χ0) is 16.8. The van der Waals surface area contributed by atoms with Crippen molar-refractivity contribution >= 4 is 15.7 Å². The van der Waals surface area contributed by atoms with Crippen LogP contribution in [0.15, 0.2) is 27.6 Å². The monoisotopic (exact) mass is 336 g/mol. The summed E-state index contributed by atoms with van der Waals surface area (Å²) in [5.74, 6) is 1.17. The summed E-state index contributed by atoms with van der Waals surface area (Å²) in [5.41, 5.74) is 2.05. The number of anilines is 1. The van der Waals surface area contributed by atoms with E-state index in [0.29, 0.717) is 29.4 Å². The van der Waals surface area contributed by atoms with Gasteiger partial charge in [0.2, 0.25) is 0 Å². The molecule has 1 unspecified atom stereocenters. The number of nitrogens with zero attached hydrogens (tertiary/aromatic N) is 2. The van der Waals surface area contributed by atoms with Gasteiger partial charge in [-0.25, -0.2) is 8.42 Å². The first-order chi connectivity index (χ1) is 10.8. The fourth-order valence-electron chi connectivity index (χ4n) is 3.08. The Labute approximate surface area is 136 Å². The molecule has 2 aromatic rings. The third-order valence-electron chi connectivity index (χ3n) is 4.12. The molecule has 1 atom stereocenters. The van der Waals surface area contributed by atoms with Crippen LogP contribution >= 0.6 is 0 Å². The van der Waals surface area contributed by atoms with Gasteiger partial charge in [0.05, 0.1) is 12.8 Å². The van der Waals surface area contributed by atoms with Gasteiger partial charge in [0.1, 0.15) is 11.4 Å². The lowest BCUT2D eigenvalue weighted by Gasteiger charge is -2.34. The van der Waals surface area contributed by atoms with E-state index in [1.165, 1.54) is 4.31 Å². The molecule has 0 bridgehead atoms. The molecule has 1 aliphatic rings. The standard InChI is InChI=1S/C16H20N2O4S/c1-10-7-13-5-6-14(21-4)8-15(13)18(9-10)23(19,20)16-11(2)17-22-12(16)3/h5-6,8,10H,7,9H2,1-4H3. The van der Waals surface area contributed by atoms with E-state index in [-0.39, 0.29) is 10.8 Å². The predicted octanol–water partition coefficient (Wildman–Crippen LogP) is 2.69. The average Bonchev–Trinajstić information content (AvgIpc) is 2.85. The van der Waals surface area contributed by atoms with Crippen molar-refractivity contribution < 1.29 is 17.7 Å². The van der Waals surface area contributed by atoms with Crippen LogP contribution in [0.5, 0.6) is 5.75 Å². The van der Waals surface area contributed by atoms with Crippen molar-refractivity contribution in [2.24, 2.45) is 5.92 Å². The molecule has 3 rings (SSSR count). The van der Waals surface area contributed by atoms with Crippen molar-refractivity contribution in [1.82, 2.24) is 5.16 Å². The molecule has 0 saturated carbocycles. The Morgan fingerprint density at radius 3 is 2.70 bits per heavy atom. The molecule has 2 heterocycles. The lowest BCUT2D eigenvalue weighted by atomic mass is 9.95. The Morgan fingerprint density at radius 2 is 2.09 bits per heavy atom. The lowest BCUT2D eigenvalue weighted by Crippen LogP contribution is -2.39. The molecule has 6 nitrogen and oxygen atoms in total. The summed E-state index contributed by atoms with van der Waals surface area (Å²) in [6.45, 7) is 5.73. The Kier molecular flexibility index (Phi) is 3.83. The molecule has 0 saturated heterocycles. The van der Waals surface area contributed by atoms with E-state index < -0.39 is 10.0 Å². The van der Waals surface area contributed by atoms with Crippen LogP contribution in [0.2, 0.25) is 0 Å². The zero-order valence-corrected chi connectivity index (χ0v) is 14.5. The second-order valence-electron chi connectivity index (χ2n) is 5.99. The molecule has 0 spiro atoms. The normalized spacial score (nSPS) is 17.9. The van der Waals surface area contributed by atoms with Crippen LogP contribution < -0.4 is 9.04 Å². The number of sulfonamides is 1. The molecule has 0 aliphatic carbocycles. The fraction of sp³-hybridized carbons (Fsp3) is 0.438. The van der Waals surface area contributed by atoms with Gasteiger partial charge in [0, 0.05) is 12.6 Å². The van der Waals surface area contributed by atoms with Gasteiger partial charge in [-0.2, -0.15) is 0 Å². The first-order valence-corrected chi connectivity index (χ1v) is 8.91. The lowest BCUT2D eigenvalue weighted by molar-refractivity contribution is 0.390. The van der Waals surface area contributed by atoms with Gasteiger partial charge in [-0.3, -0.25) is 4.31 Å². The first-order valence-electron chi connectivity index (χ1n) is 7.47. The quantitative estimate of drug-likeness (QED) is 0.861. The molecule has 23 heavy (non-hydrogen) atoms. The van der Waals surface area contributed by atoms with Crippen molar-refractivity contribution in [3.63, 3.8) is 0 Å². The number of benzene rings is 1. The molecule has 1 aromatic heterocycles. The van der Waals surface area contributed by atoms with Crippen LogP contribution in [0.1, 0.15) is 23.9 Å². The van der Waals surface area contributed by atoms with Crippen molar-refractivity contribution in [3.8, 4) is 5.75 Å². The van der Waals surface area contributed by atoms with Gasteiger partial charge < -0.3 is 9.26 Å². The van der Waals surface area contributed by atoms with Crippen molar-refractivity contribution in [1.29, 1.82) is 0 Å². The van der Waals surface area contributed by atoms with Crippen molar-refractivity contribution in [2.45, 2.75) is 32.1 Å². The fourth-order valence-corrected chi connectivity index (χ4v) is 4.99. The Balaban J connectivity index is 2.17. The van der Waals surface area contributed by atoms with Gasteiger partial charge in [0.25, 0.3) is 10.0 Å². The summed E-state index contributed by atoms with van der Waals surface area (Å²) in [7, 11) is -2.16. The first kappa shape index (κ1) is 15.9. The summed E-state index contributed by atoms with van der Waals surface area (Å²) in [6, 6.07) is 5.56. The number of aryl methyl sites for hydroxylation is 2. The van der Waals surface area contributed by atoms with E-state index in [1.54, 1.807) is 27.0 Å². The number of hydrogen-bond acceptors (Lipinski definition) is 5. The average molecular weight is 336 g/mol. The summed E-state index contributed by atoms with van der Waals surface area (Å²) in [6.07, 6.45) is 0.840. The summed E-state index contributed by atoms with van der Waals surface area (Å²) in [5, 5.41) is 3.78. The van der Waals surface area contributed by atoms with Crippen molar-refractivity contribution in [3.05, 3.63) is 35.2 Å². The van der Waals surface area contributed by atoms with Crippen LogP contribution in [0, 0.1) is 19.8 Å². The maximum atomic E-state index is 13.2. The van der Waals surface area contributed by atoms with E-state index >= 15 is 0 Å². The summed E-state index contributed by atoms with van der Waals surface area (Å²) >= 11 is 0. The van der Waals surface area contributed by atoms with Gasteiger partial charge in [-0.05, 0) is 37.8 Å². The summed E-state index contributed by atoms with van der Waals surface area (Å²) in [4.78, 5) is 0.153. The number of methoxy groups -OCH3 is 1. The molecule has 7 heteroatoms. The largest absolute Gasteiger partial charge is 0.497 e. The number of rotatable bonds is 3. The molecular formula is C16H20N2O4S. The predicted molar refractivity (Wildman–Crippen MR) is 86.4 cm³/mol. The third kappa shape index (κ3) is 2.59. The molecule has 1 aromatic carbocycles. The SMILES string of the molecule is COc1ccc2c(c1)N(S(=O)(=O)c1c(C)noc1C)CC(C)C2. The smallest absolute Gasteiger partial charge is 0.269 e. The van der Waals surface area contributed by atoms with Crippen LogP contribution in [0.4, 0.5) is 5.69 Å². The molecule has 124 valence electrons. The highest BCUT2D eigenvalue weighted by Crippen LogP contribution is 2.37. The van der Waals surface area contributed by atoms with Crippen LogP contribution in [0.25, 0.3) is 0 Å². The molecule has 0 fully saturated rings. The number of ether oxygens (including phenoxy) is 1. The molecular weight excluding hydrogens is 316 g/mol. The highest BCUT2D eigenvalue weighted by atomic mass is 32.2. The van der Waals surface area contributed by atoms with E-state index in [9.17, 15) is 8.42 Å². The maximum absolute atomic E-state index is 13.2. The number of hydrogen-bond donors (Lipinski definition) is 0. The van der Waals surface area contributed by atoms with Crippen LogP contribution in [-0.2, 0) is 16.4 Å². The van der Waals surface area contributed by atoms with Crippen LogP contribution in [0.3, 0.4) is 0 Å². The Morgan fingerprint density at radius 1 is 1.35 bits per heavy atom. The van der Waals surface area contributed by atoms with Gasteiger partial charge in [-0.15, -0.1) is 0 Å². The highest BCUT2D eigenvalue weighted by Gasteiger charge is 2.35. The van der Waals surface area contributed by atoms with Crippen molar-refractivity contribution in [2.75, 3.05) is 18.0 Å². The molecule has 1 aliphatic heterocycles. The van der Waals surface area contributed by atoms with Gasteiger partial charge in [0.15, 0.2) is 10.7 Å². The summed E-state index contributed by atoms with van der Waals surface area (Å²) < 4.78 is 38.1. The van der Waals surface area contributed by atoms with E-state index in [1.807, 2.05) is 19.1 Å². The van der Waals surface area contributed by atoms with Gasteiger partial charge >= 0.3 is 0 Å². The second kappa shape index (κ2) is 5.56. The molecule has 0 N–H and O–H groups in total. The number of fused-ring (bicyclic) bond motifs is 1. The van der Waals surface area contributed by atoms with E-state index in [2.05, 4.69) is 5.16 Å². The maximum Gasteiger partial charge on any atom is 0.269 e. The van der Waals surface area contributed by atoms with Crippen LogP contribution in [-0.4, -0.2) is 27.2 Å². The van der Waals surface area contributed by atoms with E-state index in [4.69, 9.17) is 9.26 Å². The Bertz CT molecular complexity index is 822. The Hall–Kier alpha value is -2.02. The molecule has 0 radical (unpaired) electrons. The zero-order valence-electron chi connectivity index (χ0n) is 13.7. The van der Waals surface area contributed by atoms with Gasteiger partial charge in [-0.1, -0.05) is 18.1 Å². The second-order valence-corrected chi connectivity index (χ2v) is 7.79. The molecule has 0 amide bonds. The third-order valence-corrected chi connectivity index (χ3v) is 6.15. The topological polar surface area (TPSA) is 72.6 Å². The minimum absolute atomic E-state index is 0.153. The minimum Gasteiger partial charge on any atom is -0.497 e. The minimum atomic E-state index is -3.73.